The van der Waals surface area contributed by atoms with Crippen LogP contribution in [0.3, 0.4) is 0 Å². The van der Waals surface area contributed by atoms with Crippen LogP contribution in [0.2, 0.25) is 10.0 Å². The summed E-state index contributed by atoms with van der Waals surface area (Å²) in [6, 6.07) is 22.2. The third kappa shape index (κ3) is 6.71. The van der Waals surface area contributed by atoms with Gasteiger partial charge in [0.1, 0.15) is 5.82 Å². The summed E-state index contributed by atoms with van der Waals surface area (Å²) in [6.45, 7) is 0.852. The Morgan fingerprint density at radius 1 is 0.857 bits per heavy atom. The number of rotatable bonds is 11. The fourth-order valence-corrected chi connectivity index (χ4v) is 4.38. The van der Waals surface area contributed by atoms with Gasteiger partial charge in [0.15, 0.2) is 5.78 Å². The topological polar surface area (TPSA) is 64.0 Å². The molecule has 35 heavy (non-hydrogen) atoms. The van der Waals surface area contributed by atoms with E-state index < -0.39 is 0 Å². The molecule has 1 N–H and O–H groups in total. The molecule has 0 bridgehead atoms. The molecule has 4 rings (SSSR count). The SMILES string of the molecule is O=C(Cc1ccccc1Cl)NCCCCCc1nc2ccccc2n1CC(=O)c1ccc(Cl)cc1. The van der Waals surface area contributed by atoms with Gasteiger partial charge >= 0.3 is 0 Å². The highest BCUT2D eigenvalue weighted by molar-refractivity contribution is 6.31. The van der Waals surface area contributed by atoms with Crippen LogP contribution in [0.15, 0.2) is 72.8 Å². The van der Waals surface area contributed by atoms with Gasteiger partial charge in [0, 0.05) is 28.6 Å². The van der Waals surface area contributed by atoms with Crippen LogP contribution in [0.4, 0.5) is 0 Å². The predicted molar refractivity (Wildman–Crippen MR) is 141 cm³/mol. The zero-order valence-electron chi connectivity index (χ0n) is 19.3. The molecular weight excluding hydrogens is 481 g/mol. The number of imidazole rings is 1. The van der Waals surface area contributed by atoms with Crippen LogP contribution in [0.5, 0.6) is 0 Å². The first-order chi connectivity index (χ1) is 17.0. The highest BCUT2D eigenvalue weighted by Gasteiger charge is 2.15. The number of hydrogen-bond acceptors (Lipinski definition) is 3. The summed E-state index contributed by atoms with van der Waals surface area (Å²) >= 11 is 12.1. The number of hydrogen-bond donors (Lipinski definition) is 1. The molecule has 4 aromatic rings. The van der Waals surface area contributed by atoms with Crippen LogP contribution < -0.4 is 5.32 Å². The number of para-hydroxylation sites is 2. The van der Waals surface area contributed by atoms with Crippen molar-refractivity contribution in [2.75, 3.05) is 6.54 Å². The molecule has 0 spiro atoms. The minimum absolute atomic E-state index is 0.0206. The summed E-state index contributed by atoms with van der Waals surface area (Å²) < 4.78 is 2.01. The van der Waals surface area contributed by atoms with Gasteiger partial charge in [-0.15, -0.1) is 0 Å². The average molecular weight is 508 g/mol. The molecule has 0 aliphatic carbocycles. The van der Waals surface area contributed by atoms with E-state index in [-0.39, 0.29) is 24.7 Å². The summed E-state index contributed by atoms with van der Waals surface area (Å²) in [5, 5.41) is 4.18. The van der Waals surface area contributed by atoms with Crippen LogP contribution in [0.1, 0.15) is 41.0 Å². The summed E-state index contributed by atoms with van der Waals surface area (Å²) in [5.74, 6) is 0.893. The molecule has 0 fully saturated rings. The Kier molecular flexibility index (Phi) is 8.56. The molecule has 3 aromatic carbocycles. The zero-order chi connectivity index (χ0) is 24.6. The van der Waals surface area contributed by atoms with Gasteiger partial charge in [-0.1, -0.05) is 60.0 Å². The van der Waals surface area contributed by atoms with Gasteiger partial charge < -0.3 is 9.88 Å². The lowest BCUT2D eigenvalue weighted by atomic mass is 10.1. The Morgan fingerprint density at radius 2 is 1.60 bits per heavy atom. The molecule has 0 aliphatic rings. The van der Waals surface area contributed by atoms with E-state index in [1.807, 2.05) is 47.0 Å². The van der Waals surface area contributed by atoms with Crippen molar-refractivity contribution in [2.45, 2.75) is 38.6 Å². The van der Waals surface area contributed by atoms with Crippen LogP contribution in [0, 0.1) is 0 Å². The molecule has 0 unspecified atom stereocenters. The van der Waals surface area contributed by atoms with Crippen LogP contribution in [0.25, 0.3) is 11.0 Å². The fourth-order valence-electron chi connectivity index (χ4n) is 4.05. The highest BCUT2D eigenvalue weighted by Crippen LogP contribution is 2.20. The number of Topliss-reactive ketones (excluding diaryl/α,β-unsaturated/α-hetero) is 1. The van der Waals surface area contributed by atoms with E-state index in [9.17, 15) is 9.59 Å². The molecule has 7 heteroatoms. The van der Waals surface area contributed by atoms with E-state index in [0.717, 1.165) is 48.1 Å². The van der Waals surface area contributed by atoms with Gasteiger partial charge in [0.2, 0.25) is 5.91 Å². The first-order valence-corrected chi connectivity index (χ1v) is 12.5. The number of carbonyl (C=O) groups is 2. The number of benzene rings is 3. The van der Waals surface area contributed by atoms with Crippen molar-refractivity contribution in [1.82, 2.24) is 14.9 Å². The molecular formula is C28H27Cl2N3O2. The first-order valence-electron chi connectivity index (χ1n) is 11.7. The van der Waals surface area contributed by atoms with Gasteiger partial charge in [-0.05, 0) is 60.9 Å². The van der Waals surface area contributed by atoms with E-state index in [1.54, 1.807) is 30.3 Å². The van der Waals surface area contributed by atoms with Gasteiger partial charge in [-0.25, -0.2) is 4.98 Å². The van der Waals surface area contributed by atoms with Gasteiger partial charge in [-0.3, -0.25) is 9.59 Å². The largest absolute Gasteiger partial charge is 0.356 e. The third-order valence-corrected chi connectivity index (χ3v) is 6.53. The van der Waals surface area contributed by atoms with Gasteiger partial charge in [0.05, 0.1) is 24.0 Å². The van der Waals surface area contributed by atoms with Crippen molar-refractivity contribution in [1.29, 1.82) is 0 Å². The Hall–Kier alpha value is -3.15. The quantitative estimate of drug-likeness (QED) is 0.191. The van der Waals surface area contributed by atoms with Crippen molar-refractivity contribution < 1.29 is 9.59 Å². The van der Waals surface area contributed by atoms with Crippen LogP contribution in [-0.4, -0.2) is 27.8 Å². The minimum Gasteiger partial charge on any atom is -0.356 e. The molecule has 0 atom stereocenters. The summed E-state index contributed by atoms with van der Waals surface area (Å²) in [4.78, 5) is 29.9. The second-order valence-corrected chi connectivity index (χ2v) is 9.31. The average Bonchev–Trinajstić information content (AvgIpc) is 3.20. The Labute approximate surface area is 215 Å². The van der Waals surface area contributed by atoms with Crippen molar-refractivity contribution >= 4 is 45.9 Å². The zero-order valence-corrected chi connectivity index (χ0v) is 20.9. The highest BCUT2D eigenvalue weighted by atomic mass is 35.5. The van der Waals surface area contributed by atoms with Crippen molar-refractivity contribution in [2.24, 2.45) is 0 Å². The van der Waals surface area contributed by atoms with Crippen LogP contribution in [-0.2, 0) is 24.2 Å². The lowest BCUT2D eigenvalue weighted by Crippen LogP contribution is -2.26. The van der Waals surface area contributed by atoms with Crippen molar-refractivity contribution in [3.63, 3.8) is 0 Å². The van der Waals surface area contributed by atoms with Gasteiger partial charge in [-0.2, -0.15) is 0 Å². The smallest absolute Gasteiger partial charge is 0.224 e. The van der Waals surface area contributed by atoms with Crippen LogP contribution >= 0.6 is 23.2 Å². The number of aryl methyl sites for hydroxylation is 1. The normalized spacial score (nSPS) is 11.0. The summed E-state index contributed by atoms with van der Waals surface area (Å²) in [7, 11) is 0. The van der Waals surface area contributed by atoms with E-state index in [2.05, 4.69) is 5.32 Å². The van der Waals surface area contributed by atoms with E-state index in [4.69, 9.17) is 28.2 Å². The van der Waals surface area contributed by atoms with E-state index >= 15 is 0 Å². The number of nitrogens with one attached hydrogen (secondary N) is 1. The number of fused-ring (bicyclic) bond motifs is 1. The second kappa shape index (κ2) is 12.0. The number of carbonyl (C=O) groups excluding carboxylic acids is 2. The Balaban J connectivity index is 1.29. The van der Waals surface area contributed by atoms with E-state index in [0.29, 0.717) is 22.2 Å². The Bertz CT molecular complexity index is 1320. The Morgan fingerprint density at radius 3 is 2.40 bits per heavy atom. The van der Waals surface area contributed by atoms with E-state index in [1.165, 1.54) is 0 Å². The third-order valence-electron chi connectivity index (χ3n) is 5.91. The molecule has 0 aliphatic heterocycles. The molecule has 0 radical (unpaired) electrons. The first kappa shape index (κ1) is 25.0. The van der Waals surface area contributed by atoms with Gasteiger partial charge in [0.25, 0.3) is 0 Å². The maximum absolute atomic E-state index is 12.9. The predicted octanol–water partition coefficient (Wildman–Crippen LogP) is 6.30. The maximum Gasteiger partial charge on any atom is 0.224 e. The lowest BCUT2D eigenvalue weighted by Gasteiger charge is -2.10. The number of ketones is 1. The van der Waals surface area contributed by atoms with Crippen molar-refractivity contribution in [3.8, 4) is 0 Å². The number of halogens is 2. The molecule has 0 saturated heterocycles. The number of unbranched alkanes of at least 4 members (excludes halogenated alkanes) is 2. The number of nitrogens with zero attached hydrogens (tertiary/aromatic N) is 2. The standard InChI is InChI=1S/C28H27Cl2N3O2/c29-22-15-13-20(14-16-22)26(34)19-33-25-11-6-5-10-24(25)32-27(33)12-2-1-7-17-31-28(35)18-21-8-3-4-9-23(21)30/h3-6,8-11,13-16H,1-2,7,12,17-19H2,(H,31,35). The molecule has 1 heterocycles. The number of aromatic nitrogens is 2. The molecule has 180 valence electrons. The lowest BCUT2D eigenvalue weighted by molar-refractivity contribution is -0.120. The maximum atomic E-state index is 12.9. The fraction of sp³-hybridized carbons (Fsp3) is 0.250. The minimum atomic E-state index is -0.0272. The summed E-state index contributed by atoms with van der Waals surface area (Å²) in [6.07, 6.45) is 3.78. The second-order valence-electron chi connectivity index (χ2n) is 8.46. The molecule has 0 saturated carbocycles. The monoisotopic (exact) mass is 507 g/mol. The number of amides is 1. The molecule has 1 aromatic heterocycles. The van der Waals surface area contributed by atoms with Crippen molar-refractivity contribution in [3.05, 3.63) is 99.8 Å². The molecule has 5 nitrogen and oxygen atoms in total. The molecule has 1 amide bonds. The summed E-state index contributed by atoms with van der Waals surface area (Å²) in [5.41, 5.74) is 3.30.